The molecule has 2 nitrogen and oxygen atoms in total. The number of halogens is 2. The standard InChI is InChI=1S/C15H22F2N2/c1-15(2,3)10-4-6-19(7-5-10)14-12(16)8-11(18)9-13(14)17/h8-10H,4-7,18H2,1-3H3. The molecule has 0 unspecified atom stereocenters. The summed E-state index contributed by atoms with van der Waals surface area (Å²) in [5.74, 6) is -0.526. The minimum absolute atomic E-state index is 0.0709. The molecule has 0 spiro atoms. The van der Waals surface area contributed by atoms with Gasteiger partial charge >= 0.3 is 0 Å². The van der Waals surface area contributed by atoms with Crippen LogP contribution in [-0.4, -0.2) is 13.1 Å². The topological polar surface area (TPSA) is 29.3 Å². The van der Waals surface area contributed by atoms with Crippen molar-refractivity contribution >= 4 is 11.4 Å². The Morgan fingerprint density at radius 3 is 2.00 bits per heavy atom. The van der Waals surface area contributed by atoms with Gasteiger partial charge in [-0.2, -0.15) is 0 Å². The summed E-state index contributed by atoms with van der Waals surface area (Å²) in [6.07, 6.45) is 1.93. The molecule has 1 aromatic rings. The molecule has 1 heterocycles. The highest BCUT2D eigenvalue weighted by Crippen LogP contribution is 2.37. The first-order valence-corrected chi connectivity index (χ1v) is 6.78. The lowest BCUT2D eigenvalue weighted by Gasteiger charge is -2.39. The highest BCUT2D eigenvalue weighted by molar-refractivity contribution is 5.56. The molecule has 19 heavy (non-hydrogen) atoms. The number of benzene rings is 1. The summed E-state index contributed by atoms with van der Waals surface area (Å²) in [4.78, 5) is 1.80. The van der Waals surface area contributed by atoms with Gasteiger partial charge in [-0.1, -0.05) is 20.8 Å². The quantitative estimate of drug-likeness (QED) is 0.785. The van der Waals surface area contributed by atoms with Gasteiger partial charge in [0.05, 0.1) is 0 Å². The van der Waals surface area contributed by atoms with Crippen molar-refractivity contribution in [2.45, 2.75) is 33.6 Å². The molecular weight excluding hydrogens is 246 g/mol. The van der Waals surface area contributed by atoms with Crippen LogP contribution in [0.5, 0.6) is 0 Å². The van der Waals surface area contributed by atoms with Crippen molar-refractivity contribution in [2.24, 2.45) is 11.3 Å². The zero-order valence-electron chi connectivity index (χ0n) is 11.8. The second kappa shape index (κ2) is 4.99. The third-order valence-corrected chi connectivity index (χ3v) is 4.08. The number of anilines is 2. The smallest absolute Gasteiger partial charge is 0.151 e. The van der Waals surface area contributed by atoms with E-state index in [4.69, 9.17) is 5.73 Å². The Labute approximate surface area is 113 Å². The van der Waals surface area contributed by atoms with Crippen LogP contribution in [0.25, 0.3) is 0 Å². The van der Waals surface area contributed by atoms with E-state index < -0.39 is 11.6 Å². The number of nitrogens with zero attached hydrogens (tertiary/aromatic N) is 1. The summed E-state index contributed by atoms with van der Waals surface area (Å²) < 4.78 is 27.7. The predicted molar refractivity (Wildman–Crippen MR) is 75.2 cm³/mol. The molecule has 0 atom stereocenters. The molecule has 4 heteroatoms. The van der Waals surface area contributed by atoms with E-state index in [1.54, 1.807) is 4.90 Å². The highest BCUT2D eigenvalue weighted by atomic mass is 19.1. The van der Waals surface area contributed by atoms with Crippen LogP contribution in [0.2, 0.25) is 0 Å². The molecule has 1 fully saturated rings. The maximum Gasteiger partial charge on any atom is 0.151 e. The molecule has 1 aliphatic heterocycles. The van der Waals surface area contributed by atoms with Crippen molar-refractivity contribution in [2.75, 3.05) is 23.7 Å². The molecule has 1 aromatic carbocycles. The van der Waals surface area contributed by atoms with E-state index in [2.05, 4.69) is 20.8 Å². The summed E-state index contributed by atoms with van der Waals surface area (Å²) in [6, 6.07) is 2.38. The summed E-state index contributed by atoms with van der Waals surface area (Å²) in [5, 5.41) is 0. The zero-order valence-corrected chi connectivity index (χ0v) is 11.8. The van der Waals surface area contributed by atoms with Gasteiger partial charge in [-0.25, -0.2) is 8.78 Å². The second-order valence-corrected chi connectivity index (χ2v) is 6.46. The largest absolute Gasteiger partial charge is 0.399 e. The lowest BCUT2D eigenvalue weighted by Crippen LogP contribution is -2.38. The second-order valence-electron chi connectivity index (χ2n) is 6.46. The lowest BCUT2D eigenvalue weighted by atomic mass is 9.75. The molecule has 1 aliphatic rings. The molecule has 0 aliphatic carbocycles. The fraction of sp³-hybridized carbons (Fsp3) is 0.600. The van der Waals surface area contributed by atoms with Gasteiger partial charge in [-0.15, -0.1) is 0 Å². The molecule has 0 amide bonds. The van der Waals surface area contributed by atoms with Crippen LogP contribution < -0.4 is 10.6 Å². The van der Waals surface area contributed by atoms with Gasteiger partial charge in [-0.05, 0) is 36.3 Å². The number of piperidine rings is 1. The average molecular weight is 268 g/mol. The van der Waals surface area contributed by atoms with E-state index in [-0.39, 0.29) is 16.8 Å². The van der Waals surface area contributed by atoms with Crippen LogP contribution in [0.15, 0.2) is 12.1 Å². The summed E-state index contributed by atoms with van der Waals surface area (Å²) in [6.45, 7) is 8.05. The van der Waals surface area contributed by atoms with Crippen molar-refractivity contribution in [3.05, 3.63) is 23.8 Å². The Bertz CT molecular complexity index is 435. The van der Waals surface area contributed by atoms with Crippen LogP contribution >= 0.6 is 0 Å². The van der Waals surface area contributed by atoms with Crippen molar-refractivity contribution in [3.63, 3.8) is 0 Å². The fourth-order valence-corrected chi connectivity index (χ4v) is 2.86. The lowest BCUT2D eigenvalue weighted by molar-refractivity contribution is 0.198. The Morgan fingerprint density at radius 1 is 1.11 bits per heavy atom. The maximum absolute atomic E-state index is 13.9. The minimum Gasteiger partial charge on any atom is -0.399 e. The van der Waals surface area contributed by atoms with Crippen LogP contribution in [0.4, 0.5) is 20.2 Å². The van der Waals surface area contributed by atoms with Crippen LogP contribution in [-0.2, 0) is 0 Å². The Kier molecular flexibility index (Phi) is 3.70. The van der Waals surface area contributed by atoms with Crippen molar-refractivity contribution in [3.8, 4) is 0 Å². The number of nitrogens with two attached hydrogens (primary N) is 1. The molecular formula is C15H22F2N2. The van der Waals surface area contributed by atoms with Gasteiger partial charge in [0.25, 0.3) is 0 Å². The van der Waals surface area contributed by atoms with E-state index in [0.29, 0.717) is 19.0 Å². The normalized spacial score (nSPS) is 17.8. The van der Waals surface area contributed by atoms with Gasteiger partial charge in [0.15, 0.2) is 11.6 Å². The Hall–Kier alpha value is -1.32. The monoisotopic (exact) mass is 268 g/mol. The molecule has 0 saturated carbocycles. The molecule has 0 radical (unpaired) electrons. The third kappa shape index (κ3) is 2.99. The zero-order chi connectivity index (χ0) is 14.2. The van der Waals surface area contributed by atoms with Crippen molar-refractivity contribution in [1.29, 1.82) is 0 Å². The first-order chi connectivity index (χ1) is 8.79. The van der Waals surface area contributed by atoms with E-state index >= 15 is 0 Å². The number of hydrogen-bond acceptors (Lipinski definition) is 2. The van der Waals surface area contributed by atoms with Crippen molar-refractivity contribution < 1.29 is 8.78 Å². The van der Waals surface area contributed by atoms with Crippen LogP contribution in [0, 0.1) is 23.0 Å². The highest BCUT2D eigenvalue weighted by Gasteiger charge is 2.30. The third-order valence-electron chi connectivity index (χ3n) is 4.08. The molecule has 2 N–H and O–H groups in total. The number of hydrogen-bond donors (Lipinski definition) is 1. The minimum atomic E-state index is -0.563. The van der Waals surface area contributed by atoms with Gasteiger partial charge in [0.2, 0.25) is 0 Å². The molecule has 2 rings (SSSR count). The summed E-state index contributed by atoms with van der Waals surface area (Å²) in [5.41, 5.74) is 5.89. The van der Waals surface area contributed by atoms with Crippen LogP contribution in [0.1, 0.15) is 33.6 Å². The molecule has 106 valence electrons. The Balaban J connectivity index is 2.14. The van der Waals surface area contributed by atoms with E-state index in [1.807, 2.05) is 0 Å². The van der Waals surface area contributed by atoms with Gasteiger partial charge in [0.1, 0.15) is 5.69 Å². The Morgan fingerprint density at radius 2 is 1.58 bits per heavy atom. The summed E-state index contributed by atoms with van der Waals surface area (Å²) >= 11 is 0. The van der Waals surface area contributed by atoms with E-state index in [1.165, 1.54) is 12.1 Å². The average Bonchev–Trinajstić information content (AvgIpc) is 2.27. The first-order valence-electron chi connectivity index (χ1n) is 6.78. The molecule has 0 aromatic heterocycles. The van der Waals surface area contributed by atoms with Crippen LogP contribution in [0.3, 0.4) is 0 Å². The predicted octanol–water partition coefficient (Wildman–Crippen LogP) is 3.81. The first kappa shape index (κ1) is 14.1. The maximum atomic E-state index is 13.9. The van der Waals surface area contributed by atoms with Gasteiger partial charge in [-0.3, -0.25) is 0 Å². The molecule has 0 bridgehead atoms. The number of nitrogen functional groups attached to an aromatic ring is 1. The van der Waals surface area contributed by atoms with Crippen molar-refractivity contribution in [1.82, 2.24) is 0 Å². The number of rotatable bonds is 1. The van der Waals surface area contributed by atoms with Gasteiger partial charge in [0, 0.05) is 18.8 Å². The van der Waals surface area contributed by atoms with E-state index in [0.717, 1.165) is 12.8 Å². The summed E-state index contributed by atoms with van der Waals surface area (Å²) in [7, 11) is 0. The molecule has 1 saturated heterocycles. The fourth-order valence-electron chi connectivity index (χ4n) is 2.86. The van der Waals surface area contributed by atoms with E-state index in [9.17, 15) is 8.78 Å². The SMILES string of the molecule is CC(C)(C)C1CCN(c2c(F)cc(N)cc2F)CC1. The van der Waals surface area contributed by atoms with Gasteiger partial charge < -0.3 is 10.6 Å².